The molecule has 0 spiro atoms. The first kappa shape index (κ1) is 15.1. The Morgan fingerprint density at radius 3 is 2.65 bits per heavy atom. The zero-order valence-electron chi connectivity index (χ0n) is 13.1. The molecule has 1 unspecified atom stereocenters. The van der Waals surface area contributed by atoms with Crippen LogP contribution in [0, 0.1) is 11.8 Å². The Balaban J connectivity index is 2.17. The Morgan fingerprint density at radius 2 is 2.00 bits per heavy atom. The van der Waals surface area contributed by atoms with E-state index >= 15 is 0 Å². The topological polar surface area (TPSA) is 49.0 Å². The summed E-state index contributed by atoms with van der Waals surface area (Å²) in [7, 11) is 0. The van der Waals surface area contributed by atoms with Gasteiger partial charge in [-0.1, -0.05) is 27.7 Å². The molecule has 1 atom stereocenters. The van der Waals surface area contributed by atoms with Crippen molar-refractivity contribution in [3.05, 3.63) is 22.2 Å². The molecular weight excluding hydrogens is 250 g/mol. The largest absolute Gasteiger partial charge is 0.356 e. The molecule has 0 radical (unpaired) electrons. The van der Waals surface area contributed by atoms with E-state index in [1.54, 1.807) is 6.07 Å². The molecule has 1 aliphatic rings. The van der Waals surface area contributed by atoms with Crippen LogP contribution in [0.3, 0.4) is 0 Å². The summed E-state index contributed by atoms with van der Waals surface area (Å²) in [6, 6.07) is 1.64. The summed E-state index contributed by atoms with van der Waals surface area (Å²) >= 11 is 0. The van der Waals surface area contributed by atoms with Gasteiger partial charge in [-0.05, 0) is 31.1 Å². The minimum atomic E-state index is -0.0386. The molecule has 1 N–H and O–H groups in total. The maximum absolute atomic E-state index is 11.8. The van der Waals surface area contributed by atoms with Crippen molar-refractivity contribution in [1.29, 1.82) is 0 Å². The Labute approximate surface area is 121 Å². The minimum Gasteiger partial charge on any atom is -0.356 e. The van der Waals surface area contributed by atoms with Crippen molar-refractivity contribution in [3.63, 3.8) is 0 Å². The highest BCUT2D eigenvalue weighted by atomic mass is 16.1. The smallest absolute Gasteiger partial charge is 0.252 e. The fourth-order valence-electron chi connectivity index (χ4n) is 2.92. The number of rotatable bonds is 3. The summed E-state index contributed by atoms with van der Waals surface area (Å²) < 4.78 is 0. The SMILES string of the molecule is CC(C)c1nc(N2CCCC(C(C)C)CC2)cc(=O)[nH]1. The van der Waals surface area contributed by atoms with Crippen molar-refractivity contribution in [2.75, 3.05) is 18.0 Å². The summed E-state index contributed by atoms with van der Waals surface area (Å²) in [5, 5.41) is 0. The highest BCUT2D eigenvalue weighted by Crippen LogP contribution is 2.26. The number of hydrogen-bond acceptors (Lipinski definition) is 3. The maximum Gasteiger partial charge on any atom is 0.252 e. The lowest BCUT2D eigenvalue weighted by Gasteiger charge is -2.23. The van der Waals surface area contributed by atoms with Crippen LogP contribution in [-0.4, -0.2) is 23.1 Å². The van der Waals surface area contributed by atoms with Gasteiger partial charge in [0.15, 0.2) is 0 Å². The number of nitrogens with one attached hydrogen (secondary N) is 1. The summed E-state index contributed by atoms with van der Waals surface area (Å²) in [4.78, 5) is 21.5. The van der Waals surface area contributed by atoms with E-state index in [4.69, 9.17) is 0 Å². The molecule has 2 heterocycles. The van der Waals surface area contributed by atoms with Crippen LogP contribution in [0.15, 0.2) is 10.9 Å². The van der Waals surface area contributed by atoms with Gasteiger partial charge in [0.25, 0.3) is 5.56 Å². The van der Waals surface area contributed by atoms with E-state index in [-0.39, 0.29) is 11.5 Å². The summed E-state index contributed by atoms with van der Waals surface area (Å²) in [6.45, 7) is 10.7. The monoisotopic (exact) mass is 277 g/mol. The Kier molecular flexibility index (Phi) is 4.84. The molecule has 1 aliphatic heterocycles. The minimum absolute atomic E-state index is 0.0386. The number of aromatic nitrogens is 2. The van der Waals surface area contributed by atoms with Gasteiger partial charge < -0.3 is 9.88 Å². The van der Waals surface area contributed by atoms with Gasteiger partial charge in [-0.15, -0.1) is 0 Å². The van der Waals surface area contributed by atoms with E-state index in [0.717, 1.165) is 36.6 Å². The molecule has 4 nitrogen and oxygen atoms in total. The van der Waals surface area contributed by atoms with Gasteiger partial charge in [0.05, 0.1) is 0 Å². The van der Waals surface area contributed by atoms with E-state index in [9.17, 15) is 4.79 Å². The third-order valence-corrected chi connectivity index (χ3v) is 4.33. The fraction of sp³-hybridized carbons (Fsp3) is 0.750. The Morgan fingerprint density at radius 1 is 1.25 bits per heavy atom. The van der Waals surface area contributed by atoms with Crippen molar-refractivity contribution in [2.45, 2.75) is 52.9 Å². The quantitative estimate of drug-likeness (QED) is 0.923. The van der Waals surface area contributed by atoms with Crippen LogP contribution in [0.2, 0.25) is 0 Å². The molecule has 1 saturated heterocycles. The molecule has 0 aliphatic carbocycles. The van der Waals surface area contributed by atoms with Crippen LogP contribution >= 0.6 is 0 Å². The van der Waals surface area contributed by atoms with Crippen molar-refractivity contribution in [2.24, 2.45) is 11.8 Å². The van der Waals surface area contributed by atoms with Crippen LogP contribution in [0.1, 0.15) is 58.7 Å². The molecule has 20 heavy (non-hydrogen) atoms. The third-order valence-electron chi connectivity index (χ3n) is 4.33. The molecule has 1 fully saturated rings. The van der Waals surface area contributed by atoms with E-state index in [1.807, 2.05) is 0 Å². The molecule has 2 rings (SSSR count). The number of anilines is 1. The average molecular weight is 277 g/mol. The molecule has 1 aromatic heterocycles. The van der Waals surface area contributed by atoms with E-state index in [1.165, 1.54) is 19.3 Å². The lowest BCUT2D eigenvalue weighted by atomic mass is 9.89. The second kappa shape index (κ2) is 6.42. The summed E-state index contributed by atoms with van der Waals surface area (Å²) in [6.07, 6.45) is 3.67. The van der Waals surface area contributed by atoms with Crippen LogP contribution < -0.4 is 10.5 Å². The molecule has 0 saturated carbocycles. The van der Waals surface area contributed by atoms with Crippen LogP contribution in [0.5, 0.6) is 0 Å². The standard InChI is InChI=1S/C16H27N3O/c1-11(2)13-6-5-8-19(9-7-13)14-10-15(20)18-16(17-14)12(3)4/h10-13H,5-9H2,1-4H3,(H,17,18,20). The molecule has 0 aromatic carbocycles. The highest BCUT2D eigenvalue weighted by Gasteiger charge is 2.21. The average Bonchev–Trinajstić information content (AvgIpc) is 2.63. The molecule has 1 aromatic rings. The van der Waals surface area contributed by atoms with E-state index in [0.29, 0.717) is 0 Å². The second-order valence-electron chi connectivity index (χ2n) is 6.57. The van der Waals surface area contributed by atoms with Gasteiger partial charge in [0.2, 0.25) is 0 Å². The number of aromatic amines is 1. The fourth-order valence-corrected chi connectivity index (χ4v) is 2.92. The zero-order chi connectivity index (χ0) is 14.7. The van der Waals surface area contributed by atoms with Crippen LogP contribution in [0.25, 0.3) is 0 Å². The molecule has 4 heteroatoms. The van der Waals surface area contributed by atoms with Crippen LogP contribution in [-0.2, 0) is 0 Å². The maximum atomic E-state index is 11.8. The van der Waals surface area contributed by atoms with Gasteiger partial charge in [-0.25, -0.2) is 4.98 Å². The first-order chi connectivity index (χ1) is 9.47. The van der Waals surface area contributed by atoms with Gasteiger partial charge in [-0.2, -0.15) is 0 Å². The van der Waals surface area contributed by atoms with Gasteiger partial charge >= 0.3 is 0 Å². The predicted octanol–water partition coefficient (Wildman–Crippen LogP) is 3.16. The van der Waals surface area contributed by atoms with Gasteiger partial charge in [0.1, 0.15) is 11.6 Å². The third kappa shape index (κ3) is 3.62. The van der Waals surface area contributed by atoms with Crippen molar-refractivity contribution >= 4 is 5.82 Å². The van der Waals surface area contributed by atoms with Crippen molar-refractivity contribution in [3.8, 4) is 0 Å². The van der Waals surface area contributed by atoms with Crippen LogP contribution in [0.4, 0.5) is 5.82 Å². The Hall–Kier alpha value is -1.32. The zero-order valence-corrected chi connectivity index (χ0v) is 13.1. The lowest BCUT2D eigenvalue weighted by Crippen LogP contribution is -2.28. The van der Waals surface area contributed by atoms with Crippen molar-refractivity contribution in [1.82, 2.24) is 9.97 Å². The lowest BCUT2D eigenvalue weighted by molar-refractivity contribution is 0.351. The normalized spacial score (nSPS) is 20.5. The van der Waals surface area contributed by atoms with Gasteiger partial charge in [0, 0.05) is 25.1 Å². The molecule has 112 valence electrons. The molecule has 0 bridgehead atoms. The number of nitrogens with zero attached hydrogens (tertiary/aromatic N) is 2. The Bertz CT molecular complexity index is 493. The first-order valence-corrected chi connectivity index (χ1v) is 7.83. The second-order valence-corrected chi connectivity index (χ2v) is 6.57. The summed E-state index contributed by atoms with van der Waals surface area (Å²) in [5.74, 6) is 3.43. The molecular formula is C16H27N3O. The van der Waals surface area contributed by atoms with Crippen molar-refractivity contribution < 1.29 is 0 Å². The van der Waals surface area contributed by atoms with E-state index < -0.39 is 0 Å². The van der Waals surface area contributed by atoms with Gasteiger partial charge in [-0.3, -0.25) is 4.79 Å². The number of hydrogen-bond donors (Lipinski definition) is 1. The first-order valence-electron chi connectivity index (χ1n) is 7.83. The summed E-state index contributed by atoms with van der Waals surface area (Å²) in [5.41, 5.74) is -0.0386. The number of H-pyrrole nitrogens is 1. The predicted molar refractivity (Wildman–Crippen MR) is 83.3 cm³/mol. The van der Waals surface area contributed by atoms with E-state index in [2.05, 4.69) is 42.6 Å². The highest BCUT2D eigenvalue weighted by molar-refractivity contribution is 5.37. The molecule has 0 amide bonds.